The van der Waals surface area contributed by atoms with Gasteiger partial charge in [-0.1, -0.05) is 25.7 Å². The second kappa shape index (κ2) is 3.57. The van der Waals surface area contributed by atoms with E-state index in [9.17, 15) is 0 Å². The van der Waals surface area contributed by atoms with E-state index >= 15 is 0 Å². The maximum Gasteiger partial charge on any atom is 0.00792 e. The first-order valence-corrected chi connectivity index (χ1v) is 5.18. The molecule has 1 nitrogen and oxygen atoms in total. The summed E-state index contributed by atoms with van der Waals surface area (Å²) in [7, 11) is 0. The molecule has 1 atom stereocenters. The van der Waals surface area contributed by atoms with Gasteiger partial charge in [-0.15, -0.1) is 0 Å². The van der Waals surface area contributed by atoms with Gasteiger partial charge in [-0.2, -0.15) is 0 Å². The molecule has 0 bridgehead atoms. The zero-order valence-corrected chi connectivity index (χ0v) is 7.31. The summed E-state index contributed by atoms with van der Waals surface area (Å²) in [6.07, 6.45) is 10.4. The SMILES string of the molecule is C1CCC(CCC2CCN2)C1. The van der Waals surface area contributed by atoms with Gasteiger partial charge in [0.05, 0.1) is 0 Å². The highest BCUT2D eigenvalue weighted by Crippen LogP contribution is 2.29. The number of hydrogen-bond acceptors (Lipinski definition) is 1. The Bertz CT molecular complexity index is 112. The molecule has 1 aliphatic heterocycles. The first kappa shape index (κ1) is 7.60. The second-order valence-electron chi connectivity index (χ2n) is 4.17. The molecule has 0 radical (unpaired) electrons. The fraction of sp³-hybridized carbons (Fsp3) is 1.00. The van der Waals surface area contributed by atoms with Crippen LogP contribution in [0.4, 0.5) is 0 Å². The van der Waals surface area contributed by atoms with Crippen LogP contribution in [0.25, 0.3) is 0 Å². The molecule has 1 unspecified atom stereocenters. The van der Waals surface area contributed by atoms with Crippen LogP contribution in [0.1, 0.15) is 44.9 Å². The minimum absolute atomic E-state index is 0.899. The fourth-order valence-corrected chi connectivity index (χ4v) is 2.33. The molecule has 2 fully saturated rings. The Hall–Kier alpha value is -0.0400. The van der Waals surface area contributed by atoms with Crippen molar-refractivity contribution in [2.45, 2.75) is 51.0 Å². The maximum absolute atomic E-state index is 3.47. The Morgan fingerprint density at radius 2 is 1.73 bits per heavy atom. The average Bonchev–Trinajstić information content (AvgIpc) is 2.36. The third-order valence-electron chi connectivity index (χ3n) is 3.32. The Balaban J connectivity index is 1.57. The van der Waals surface area contributed by atoms with E-state index < -0.39 is 0 Å². The standard InChI is InChI=1S/C10H19N/c1-2-4-9(3-1)5-6-10-7-8-11-10/h9-11H,1-8H2. The Morgan fingerprint density at radius 1 is 1.00 bits per heavy atom. The summed E-state index contributed by atoms with van der Waals surface area (Å²) in [6.45, 7) is 1.27. The van der Waals surface area contributed by atoms with Crippen LogP contribution in [-0.2, 0) is 0 Å². The molecule has 11 heavy (non-hydrogen) atoms. The monoisotopic (exact) mass is 153 g/mol. The van der Waals surface area contributed by atoms with Crippen molar-refractivity contribution in [3.63, 3.8) is 0 Å². The minimum Gasteiger partial charge on any atom is -0.314 e. The highest BCUT2D eigenvalue weighted by molar-refractivity contribution is 4.79. The van der Waals surface area contributed by atoms with Crippen molar-refractivity contribution < 1.29 is 0 Å². The summed E-state index contributed by atoms with van der Waals surface area (Å²) in [5, 5.41) is 3.47. The smallest absolute Gasteiger partial charge is 0.00792 e. The van der Waals surface area contributed by atoms with Crippen molar-refractivity contribution in [2.75, 3.05) is 6.54 Å². The molecule has 64 valence electrons. The summed E-state index contributed by atoms with van der Waals surface area (Å²) in [5.74, 6) is 1.09. The quantitative estimate of drug-likeness (QED) is 0.656. The predicted molar refractivity (Wildman–Crippen MR) is 47.6 cm³/mol. The van der Waals surface area contributed by atoms with Crippen LogP contribution >= 0.6 is 0 Å². The molecular weight excluding hydrogens is 134 g/mol. The van der Waals surface area contributed by atoms with E-state index in [1.807, 2.05) is 0 Å². The van der Waals surface area contributed by atoms with E-state index in [0.29, 0.717) is 0 Å². The Kier molecular flexibility index (Phi) is 2.47. The van der Waals surface area contributed by atoms with Crippen molar-refractivity contribution in [1.29, 1.82) is 0 Å². The topological polar surface area (TPSA) is 12.0 Å². The Morgan fingerprint density at radius 3 is 2.27 bits per heavy atom. The first-order chi connectivity index (χ1) is 5.45. The molecule has 1 heterocycles. The summed E-state index contributed by atoms with van der Waals surface area (Å²) < 4.78 is 0. The zero-order valence-electron chi connectivity index (χ0n) is 7.31. The number of rotatable bonds is 3. The van der Waals surface area contributed by atoms with Crippen LogP contribution in [0.3, 0.4) is 0 Å². The summed E-state index contributed by atoms with van der Waals surface area (Å²) in [6, 6.07) is 0.899. The van der Waals surface area contributed by atoms with Crippen molar-refractivity contribution in [3.8, 4) is 0 Å². The van der Waals surface area contributed by atoms with Crippen LogP contribution in [0.5, 0.6) is 0 Å². The third-order valence-corrected chi connectivity index (χ3v) is 3.32. The molecule has 0 aromatic rings. The van der Waals surface area contributed by atoms with Crippen molar-refractivity contribution in [3.05, 3.63) is 0 Å². The van der Waals surface area contributed by atoms with E-state index in [1.165, 1.54) is 51.5 Å². The van der Waals surface area contributed by atoms with Gasteiger partial charge in [0.25, 0.3) is 0 Å². The van der Waals surface area contributed by atoms with Crippen LogP contribution in [0, 0.1) is 5.92 Å². The molecule has 1 aliphatic carbocycles. The molecule has 2 rings (SSSR count). The molecule has 0 spiro atoms. The van der Waals surface area contributed by atoms with E-state index in [0.717, 1.165) is 12.0 Å². The molecular formula is C10H19N. The van der Waals surface area contributed by atoms with Crippen molar-refractivity contribution >= 4 is 0 Å². The van der Waals surface area contributed by atoms with Gasteiger partial charge >= 0.3 is 0 Å². The van der Waals surface area contributed by atoms with E-state index in [4.69, 9.17) is 0 Å². The number of hydrogen-bond donors (Lipinski definition) is 1. The maximum atomic E-state index is 3.47. The lowest BCUT2D eigenvalue weighted by Gasteiger charge is -2.28. The normalized spacial score (nSPS) is 32.2. The van der Waals surface area contributed by atoms with E-state index in [-0.39, 0.29) is 0 Å². The molecule has 1 heteroatoms. The summed E-state index contributed by atoms with van der Waals surface area (Å²) in [5.41, 5.74) is 0. The molecule has 0 amide bonds. The third kappa shape index (κ3) is 1.96. The van der Waals surface area contributed by atoms with Gasteiger partial charge < -0.3 is 5.32 Å². The van der Waals surface area contributed by atoms with E-state index in [2.05, 4.69) is 5.32 Å². The second-order valence-corrected chi connectivity index (χ2v) is 4.17. The van der Waals surface area contributed by atoms with Gasteiger partial charge in [-0.05, 0) is 31.7 Å². The van der Waals surface area contributed by atoms with Crippen LogP contribution in [-0.4, -0.2) is 12.6 Å². The van der Waals surface area contributed by atoms with Crippen LogP contribution in [0.2, 0.25) is 0 Å². The minimum atomic E-state index is 0.899. The first-order valence-electron chi connectivity index (χ1n) is 5.18. The fourth-order valence-electron chi connectivity index (χ4n) is 2.33. The highest BCUT2D eigenvalue weighted by Gasteiger charge is 2.20. The van der Waals surface area contributed by atoms with Gasteiger partial charge in [-0.3, -0.25) is 0 Å². The van der Waals surface area contributed by atoms with Gasteiger partial charge in [-0.25, -0.2) is 0 Å². The van der Waals surface area contributed by atoms with Crippen LogP contribution < -0.4 is 5.32 Å². The average molecular weight is 153 g/mol. The van der Waals surface area contributed by atoms with Gasteiger partial charge in [0.1, 0.15) is 0 Å². The van der Waals surface area contributed by atoms with Gasteiger partial charge in [0, 0.05) is 6.04 Å². The van der Waals surface area contributed by atoms with E-state index in [1.54, 1.807) is 0 Å². The predicted octanol–water partition coefficient (Wildman–Crippen LogP) is 2.32. The Labute approximate surface area is 69.6 Å². The van der Waals surface area contributed by atoms with Gasteiger partial charge in [0.2, 0.25) is 0 Å². The van der Waals surface area contributed by atoms with Gasteiger partial charge in [0.15, 0.2) is 0 Å². The molecule has 0 aromatic carbocycles. The molecule has 2 aliphatic rings. The number of nitrogens with one attached hydrogen (secondary N) is 1. The largest absolute Gasteiger partial charge is 0.314 e. The molecule has 1 saturated carbocycles. The molecule has 0 aromatic heterocycles. The lowest BCUT2D eigenvalue weighted by atomic mass is 9.94. The lowest BCUT2D eigenvalue weighted by Crippen LogP contribution is -2.42. The summed E-state index contributed by atoms with van der Waals surface area (Å²) in [4.78, 5) is 0. The molecule has 1 N–H and O–H groups in total. The van der Waals surface area contributed by atoms with Crippen molar-refractivity contribution in [1.82, 2.24) is 5.32 Å². The lowest BCUT2D eigenvalue weighted by molar-refractivity contribution is 0.318. The highest BCUT2D eigenvalue weighted by atomic mass is 15.0. The zero-order chi connectivity index (χ0) is 7.52. The molecule has 1 saturated heterocycles. The summed E-state index contributed by atoms with van der Waals surface area (Å²) >= 11 is 0. The van der Waals surface area contributed by atoms with Crippen LogP contribution in [0.15, 0.2) is 0 Å². The van der Waals surface area contributed by atoms with Crippen molar-refractivity contribution in [2.24, 2.45) is 5.92 Å².